The minimum absolute atomic E-state index is 0.0687. The Morgan fingerprint density at radius 1 is 1.40 bits per heavy atom. The zero-order chi connectivity index (χ0) is 11.4. The number of pyridine rings is 1. The molecule has 0 saturated heterocycles. The fourth-order valence-electron chi connectivity index (χ4n) is 1.57. The Labute approximate surface area is 92.3 Å². The average molecular weight is 207 g/mol. The lowest BCUT2D eigenvalue weighted by molar-refractivity contribution is 0.634. The molecule has 3 nitrogen and oxygen atoms in total. The number of nitrogens with zero attached hydrogens (tertiary/aromatic N) is 2. The highest BCUT2D eigenvalue weighted by atomic mass is 15.2. The van der Waals surface area contributed by atoms with Gasteiger partial charge in [0.1, 0.15) is 5.82 Å². The van der Waals surface area contributed by atoms with Crippen molar-refractivity contribution in [3.8, 4) is 0 Å². The molecule has 0 bridgehead atoms. The van der Waals surface area contributed by atoms with Gasteiger partial charge in [-0.2, -0.15) is 0 Å². The summed E-state index contributed by atoms with van der Waals surface area (Å²) >= 11 is 0. The molecule has 0 amide bonds. The molecule has 1 rings (SSSR count). The first kappa shape index (κ1) is 12.0. The number of anilines is 1. The number of hydrogen-bond donors (Lipinski definition) is 1. The van der Waals surface area contributed by atoms with Crippen LogP contribution in [0.3, 0.4) is 0 Å². The van der Waals surface area contributed by atoms with Gasteiger partial charge >= 0.3 is 0 Å². The molecule has 0 radical (unpaired) electrons. The van der Waals surface area contributed by atoms with Crippen molar-refractivity contribution in [2.24, 2.45) is 11.7 Å². The van der Waals surface area contributed by atoms with Crippen LogP contribution < -0.4 is 10.6 Å². The van der Waals surface area contributed by atoms with Gasteiger partial charge in [-0.3, -0.25) is 0 Å². The van der Waals surface area contributed by atoms with Gasteiger partial charge in [-0.05, 0) is 30.5 Å². The molecule has 0 aliphatic heterocycles. The molecule has 1 heterocycles. The molecule has 0 aromatic carbocycles. The number of aromatic nitrogens is 1. The minimum atomic E-state index is 0.0687. The highest BCUT2D eigenvalue weighted by Crippen LogP contribution is 2.16. The van der Waals surface area contributed by atoms with Crippen LogP contribution in [0.15, 0.2) is 18.3 Å². The van der Waals surface area contributed by atoms with E-state index in [4.69, 9.17) is 5.73 Å². The summed E-state index contributed by atoms with van der Waals surface area (Å²) < 4.78 is 0. The highest BCUT2D eigenvalue weighted by Gasteiger charge is 2.06. The third-order valence-electron chi connectivity index (χ3n) is 2.33. The Kier molecular flexibility index (Phi) is 4.09. The van der Waals surface area contributed by atoms with Crippen molar-refractivity contribution in [3.63, 3.8) is 0 Å². The smallest absolute Gasteiger partial charge is 0.128 e. The van der Waals surface area contributed by atoms with Gasteiger partial charge < -0.3 is 10.6 Å². The van der Waals surface area contributed by atoms with E-state index in [-0.39, 0.29) is 6.04 Å². The Morgan fingerprint density at radius 3 is 2.60 bits per heavy atom. The lowest BCUT2D eigenvalue weighted by Gasteiger charge is -2.21. The van der Waals surface area contributed by atoms with Gasteiger partial charge in [-0.1, -0.05) is 13.8 Å². The second-order valence-electron chi connectivity index (χ2n) is 4.51. The van der Waals surface area contributed by atoms with Gasteiger partial charge in [-0.25, -0.2) is 4.98 Å². The molecule has 0 fully saturated rings. The van der Waals surface area contributed by atoms with Crippen LogP contribution >= 0.6 is 0 Å². The molecule has 3 heteroatoms. The summed E-state index contributed by atoms with van der Waals surface area (Å²) in [4.78, 5) is 6.51. The molecule has 1 atom stereocenters. The van der Waals surface area contributed by atoms with Crippen LogP contribution in [0, 0.1) is 5.92 Å². The van der Waals surface area contributed by atoms with Crippen molar-refractivity contribution < 1.29 is 0 Å². The van der Waals surface area contributed by atoms with E-state index in [1.807, 2.05) is 19.2 Å². The van der Waals surface area contributed by atoms with Crippen LogP contribution in [0.4, 0.5) is 5.82 Å². The molecular weight excluding hydrogens is 186 g/mol. The molecule has 84 valence electrons. The molecule has 1 unspecified atom stereocenters. The summed E-state index contributed by atoms with van der Waals surface area (Å²) in [5, 5.41) is 0. The number of rotatable bonds is 4. The van der Waals surface area contributed by atoms with Crippen LogP contribution in [0.5, 0.6) is 0 Å². The van der Waals surface area contributed by atoms with Gasteiger partial charge in [0, 0.05) is 25.8 Å². The maximum atomic E-state index is 5.84. The maximum absolute atomic E-state index is 5.84. The maximum Gasteiger partial charge on any atom is 0.128 e. The normalized spacial score (nSPS) is 12.9. The summed E-state index contributed by atoms with van der Waals surface area (Å²) in [5.74, 6) is 1.63. The fourth-order valence-corrected chi connectivity index (χ4v) is 1.57. The van der Waals surface area contributed by atoms with E-state index >= 15 is 0 Å². The zero-order valence-corrected chi connectivity index (χ0v) is 10.1. The topological polar surface area (TPSA) is 42.1 Å². The quantitative estimate of drug-likeness (QED) is 0.823. The molecular formula is C12H21N3. The number of hydrogen-bond acceptors (Lipinski definition) is 3. The van der Waals surface area contributed by atoms with Crippen LogP contribution in [-0.4, -0.2) is 18.6 Å². The third kappa shape index (κ3) is 3.51. The predicted molar refractivity (Wildman–Crippen MR) is 64.9 cm³/mol. The Balaban J connectivity index is 2.80. The summed E-state index contributed by atoms with van der Waals surface area (Å²) in [7, 11) is 2.06. The van der Waals surface area contributed by atoms with Crippen molar-refractivity contribution in [1.82, 2.24) is 4.98 Å². The molecule has 15 heavy (non-hydrogen) atoms. The van der Waals surface area contributed by atoms with Gasteiger partial charge in [0.25, 0.3) is 0 Å². The van der Waals surface area contributed by atoms with Crippen LogP contribution in [0.25, 0.3) is 0 Å². The van der Waals surface area contributed by atoms with E-state index in [0.29, 0.717) is 5.92 Å². The van der Waals surface area contributed by atoms with Gasteiger partial charge in [0.2, 0.25) is 0 Å². The highest BCUT2D eigenvalue weighted by molar-refractivity contribution is 5.40. The third-order valence-corrected chi connectivity index (χ3v) is 2.33. The molecule has 1 aromatic heterocycles. The second kappa shape index (κ2) is 5.12. The van der Waals surface area contributed by atoms with E-state index in [1.165, 1.54) is 0 Å². The first-order valence-electron chi connectivity index (χ1n) is 5.43. The molecule has 0 saturated carbocycles. The van der Waals surface area contributed by atoms with E-state index in [1.54, 1.807) is 0 Å². The SMILES string of the molecule is CC(C)CN(C)c1cc(C(C)N)ccn1. The summed E-state index contributed by atoms with van der Waals surface area (Å²) in [6.07, 6.45) is 1.82. The van der Waals surface area contributed by atoms with E-state index in [9.17, 15) is 0 Å². The van der Waals surface area contributed by atoms with Gasteiger partial charge in [0.15, 0.2) is 0 Å². The second-order valence-corrected chi connectivity index (χ2v) is 4.51. The van der Waals surface area contributed by atoms with Crippen LogP contribution in [-0.2, 0) is 0 Å². The van der Waals surface area contributed by atoms with E-state index in [0.717, 1.165) is 17.9 Å². The lowest BCUT2D eigenvalue weighted by Crippen LogP contribution is -2.23. The molecule has 2 N–H and O–H groups in total. The minimum Gasteiger partial charge on any atom is -0.359 e. The van der Waals surface area contributed by atoms with Crippen LogP contribution in [0.2, 0.25) is 0 Å². The summed E-state index contributed by atoms with van der Waals surface area (Å²) in [5.41, 5.74) is 6.97. The van der Waals surface area contributed by atoms with Gasteiger partial charge in [-0.15, -0.1) is 0 Å². The van der Waals surface area contributed by atoms with Crippen LogP contribution in [0.1, 0.15) is 32.4 Å². The van der Waals surface area contributed by atoms with Crippen molar-refractivity contribution >= 4 is 5.82 Å². The first-order valence-corrected chi connectivity index (χ1v) is 5.43. The number of nitrogens with two attached hydrogens (primary N) is 1. The molecule has 1 aromatic rings. The first-order chi connectivity index (χ1) is 7.00. The van der Waals surface area contributed by atoms with Crippen molar-refractivity contribution in [1.29, 1.82) is 0 Å². The molecule has 0 aliphatic carbocycles. The van der Waals surface area contributed by atoms with E-state index in [2.05, 4.69) is 36.8 Å². The standard InChI is InChI=1S/C12H21N3/c1-9(2)8-15(4)12-7-11(10(3)13)5-6-14-12/h5-7,9-10H,8,13H2,1-4H3. The zero-order valence-electron chi connectivity index (χ0n) is 10.1. The summed E-state index contributed by atoms with van der Waals surface area (Å²) in [6, 6.07) is 4.10. The summed E-state index contributed by atoms with van der Waals surface area (Å²) in [6.45, 7) is 7.40. The van der Waals surface area contributed by atoms with Crippen molar-refractivity contribution in [3.05, 3.63) is 23.9 Å². The molecule has 0 aliphatic rings. The van der Waals surface area contributed by atoms with E-state index < -0.39 is 0 Å². The Hall–Kier alpha value is -1.09. The largest absolute Gasteiger partial charge is 0.359 e. The molecule has 0 spiro atoms. The Bertz CT molecular complexity index is 307. The monoisotopic (exact) mass is 207 g/mol. The van der Waals surface area contributed by atoms with Gasteiger partial charge in [0.05, 0.1) is 0 Å². The van der Waals surface area contributed by atoms with Crippen molar-refractivity contribution in [2.45, 2.75) is 26.8 Å². The predicted octanol–water partition coefficient (Wildman–Crippen LogP) is 2.19. The van der Waals surface area contributed by atoms with Crippen molar-refractivity contribution in [2.75, 3.05) is 18.5 Å². The average Bonchev–Trinajstić information content (AvgIpc) is 2.17. The Morgan fingerprint density at radius 2 is 2.07 bits per heavy atom. The lowest BCUT2D eigenvalue weighted by atomic mass is 10.1. The fraction of sp³-hybridized carbons (Fsp3) is 0.583.